The summed E-state index contributed by atoms with van der Waals surface area (Å²) < 4.78 is 7.32. The fourth-order valence-corrected chi connectivity index (χ4v) is 5.04. The third kappa shape index (κ3) is 3.87. The molecule has 0 saturated heterocycles. The van der Waals surface area contributed by atoms with E-state index in [1.807, 2.05) is 22.9 Å². The van der Waals surface area contributed by atoms with Crippen molar-refractivity contribution in [3.8, 4) is 5.75 Å². The molecule has 2 aliphatic rings. The zero-order chi connectivity index (χ0) is 18.6. The van der Waals surface area contributed by atoms with E-state index >= 15 is 0 Å². The fourth-order valence-electron chi connectivity index (χ4n) is 5.04. The van der Waals surface area contributed by atoms with Gasteiger partial charge in [-0.25, -0.2) is 4.98 Å². The highest BCUT2D eigenvalue weighted by Crippen LogP contribution is 2.54. The molecule has 1 aromatic heterocycles. The lowest BCUT2D eigenvalue weighted by atomic mass is 9.53. The van der Waals surface area contributed by atoms with Gasteiger partial charge < -0.3 is 14.6 Å². The van der Waals surface area contributed by atoms with Crippen LogP contribution >= 0.6 is 0 Å². The van der Waals surface area contributed by atoms with Crippen molar-refractivity contribution in [2.75, 3.05) is 7.11 Å². The van der Waals surface area contributed by atoms with Gasteiger partial charge in [-0.3, -0.25) is 4.79 Å². The third-order valence-corrected chi connectivity index (χ3v) is 6.39. The second-order valence-corrected chi connectivity index (χ2v) is 7.91. The molecule has 5 nitrogen and oxygen atoms in total. The number of nitrogens with one attached hydrogen (secondary N) is 1. The lowest BCUT2D eigenvalue weighted by Gasteiger charge is -2.55. The van der Waals surface area contributed by atoms with E-state index in [-0.39, 0.29) is 11.9 Å². The lowest BCUT2D eigenvalue weighted by Crippen LogP contribution is -2.59. The highest BCUT2D eigenvalue weighted by Gasteiger charge is 2.51. The molecule has 4 atom stereocenters. The van der Waals surface area contributed by atoms with E-state index in [0.29, 0.717) is 24.2 Å². The molecule has 1 aromatic carbocycles. The fraction of sp³-hybridized carbons (Fsp3) is 0.545. The Labute approximate surface area is 161 Å². The Morgan fingerprint density at radius 1 is 1.22 bits per heavy atom. The third-order valence-electron chi connectivity index (χ3n) is 6.39. The molecule has 1 heterocycles. The summed E-state index contributed by atoms with van der Waals surface area (Å²) in [5, 5.41) is 3.38. The predicted octanol–water partition coefficient (Wildman–Crippen LogP) is 3.76. The van der Waals surface area contributed by atoms with Crippen LogP contribution in [0.25, 0.3) is 0 Å². The van der Waals surface area contributed by atoms with Crippen LogP contribution < -0.4 is 10.1 Å². The van der Waals surface area contributed by atoms with Gasteiger partial charge in [0.1, 0.15) is 5.75 Å². The van der Waals surface area contributed by atoms with Crippen LogP contribution in [0.4, 0.5) is 0 Å². The van der Waals surface area contributed by atoms with Gasteiger partial charge in [0.15, 0.2) is 0 Å². The summed E-state index contributed by atoms with van der Waals surface area (Å²) >= 11 is 0. The maximum Gasteiger partial charge on any atom is 0.220 e. The maximum atomic E-state index is 12.6. The first-order chi connectivity index (χ1) is 13.3. The molecule has 1 N–H and O–H groups in total. The van der Waals surface area contributed by atoms with E-state index in [4.69, 9.17) is 4.74 Å². The van der Waals surface area contributed by atoms with Crippen molar-refractivity contribution in [2.24, 2.45) is 11.8 Å². The molecule has 0 spiro atoms. The number of hydrogen-bond donors (Lipinski definition) is 1. The van der Waals surface area contributed by atoms with Crippen molar-refractivity contribution in [3.63, 3.8) is 0 Å². The lowest BCUT2D eigenvalue weighted by molar-refractivity contribution is -0.125. The smallest absolute Gasteiger partial charge is 0.220 e. The number of nitrogens with zero attached hydrogens (tertiary/aromatic N) is 2. The number of ether oxygens (including phenoxy) is 1. The Bertz CT molecular complexity index is 741. The number of aryl methyl sites for hydroxylation is 1. The number of aromatic nitrogens is 2. The van der Waals surface area contributed by atoms with Gasteiger partial charge in [-0.05, 0) is 48.8 Å². The minimum Gasteiger partial charge on any atom is -0.497 e. The van der Waals surface area contributed by atoms with Gasteiger partial charge in [-0.1, -0.05) is 25.0 Å². The largest absolute Gasteiger partial charge is 0.497 e. The number of rotatable bonds is 7. The zero-order valence-corrected chi connectivity index (χ0v) is 16.0. The summed E-state index contributed by atoms with van der Waals surface area (Å²) in [6.45, 7) is 0.839. The van der Waals surface area contributed by atoms with Gasteiger partial charge in [0.05, 0.1) is 13.4 Å². The Kier molecular flexibility index (Phi) is 5.46. The average Bonchev–Trinajstić information content (AvgIpc) is 3.20. The number of methoxy groups -OCH3 is 1. The number of amides is 1. The maximum absolute atomic E-state index is 12.6. The molecular weight excluding hydrogens is 338 g/mol. The van der Waals surface area contributed by atoms with E-state index in [2.05, 4.69) is 22.4 Å². The standard InChI is InChI=1S/C22H29N3O2/c1-27-17-10-8-16(9-11-17)21-18-5-2-3-6-19(18)22(21)24-20(26)7-4-13-25-14-12-23-15-25/h8-12,14-15,18-19,21-22H,2-7,13H2,1H3,(H,24,26)/t18?,19?,21-,22-/m0/s1. The quantitative estimate of drug-likeness (QED) is 0.811. The first-order valence-corrected chi connectivity index (χ1v) is 10.2. The number of carbonyl (C=O) groups excluding carboxylic acids is 1. The van der Waals surface area contributed by atoms with Crippen molar-refractivity contribution in [1.29, 1.82) is 0 Å². The topological polar surface area (TPSA) is 56.1 Å². The predicted molar refractivity (Wildman–Crippen MR) is 105 cm³/mol. The molecule has 1 amide bonds. The van der Waals surface area contributed by atoms with Gasteiger partial charge in [-0.15, -0.1) is 0 Å². The van der Waals surface area contributed by atoms with Crippen LogP contribution in [-0.2, 0) is 11.3 Å². The van der Waals surface area contributed by atoms with Gasteiger partial charge >= 0.3 is 0 Å². The summed E-state index contributed by atoms with van der Waals surface area (Å²) in [7, 11) is 1.70. The first-order valence-electron chi connectivity index (χ1n) is 10.2. The minimum absolute atomic E-state index is 0.183. The van der Waals surface area contributed by atoms with Crippen molar-refractivity contribution < 1.29 is 9.53 Å². The zero-order valence-electron chi connectivity index (χ0n) is 16.0. The van der Waals surface area contributed by atoms with Crippen molar-refractivity contribution in [1.82, 2.24) is 14.9 Å². The van der Waals surface area contributed by atoms with E-state index < -0.39 is 0 Å². The summed E-state index contributed by atoms with van der Waals surface area (Å²) in [6.07, 6.45) is 12.1. The molecule has 5 heteroatoms. The van der Waals surface area contributed by atoms with Crippen LogP contribution in [0.5, 0.6) is 5.75 Å². The molecule has 2 aromatic rings. The monoisotopic (exact) mass is 367 g/mol. The molecule has 0 bridgehead atoms. The number of benzene rings is 1. The van der Waals surface area contributed by atoms with E-state index in [1.165, 1.54) is 31.2 Å². The number of imidazole rings is 1. The van der Waals surface area contributed by atoms with Gasteiger partial charge in [0, 0.05) is 37.3 Å². The van der Waals surface area contributed by atoms with Crippen molar-refractivity contribution >= 4 is 5.91 Å². The Morgan fingerprint density at radius 2 is 2.00 bits per heavy atom. The molecule has 2 aliphatic carbocycles. The molecule has 0 radical (unpaired) electrons. The average molecular weight is 367 g/mol. The van der Waals surface area contributed by atoms with Crippen LogP contribution in [0.3, 0.4) is 0 Å². The molecule has 27 heavy (non-hydrogen) atoms. The van der Waals surface area contributed by atoms with Crippen LogP contribution in [0, 0.1) is 11.8 Å². The number of fused-ring (bicyclic) bond motifs is 1. The Balaban J connectivity index is 1.38. The van der Waals surface area contributed by atoms with Crippen molar-refractivity contribution in [3.05, 3.63) is 48.5 Å². The van der Waals surface area contributed by atoms with Crippen molar-refractivity contribution in [2.45, 2.75) is 57.0 Å². The first kappa shape index (κ1) is 18.1. The second-order valence-electron chi connectivity index (χ2n) is 7.91. The van der Waals surface area contributed by atoms with Crippen LogP contribution in [0.1, 0.15) is 50.0 Å². The van der Waals surface area contributed by atoms with Crippen LogP contribution in [0.2, 0.25) is 0 Å². The van der Waals surface area contributed by atoms with Crippen LogP contribution in [0.15, 0.2) is 43.0 Å². The van der Waals surface area contributed by atoms with E-state index in [1.54, 1.807) is 19.6 Å². The van der Waals surface area contributed by atoms with Gasteiger partial charge in [0.25, 0.3) is 0 Å². The summed E-state index contributed by atoms with van der Waals surface area (Å²) in [5.41, 5.74) is 1.34. The molecular formula is C22H29N3O2. The number of carbonyl (C=O) groups is 1. The highest BCUT2D eigenvalue weighted by atomic mass is 16.5. The van der Waals surface area contributed by atoms with Crippen LogP contribution in [-0.4, -0.2) is 28.6 Å². The summed E-state index contributed by atoms with van der Waals surface area (Å²) in [6, 6.07) is 8.70. The molecule has 144 valence electrons. The molecule has 2 fully saturated rings. The van der Waals surface area contributed by atoms with Gasteiger partial charge in [0.2, 0.25) is 5.91 Å². The SMILES string of the molecule is COc1ccc([C@H]2C3CCCCC3[C@@H]2NC(=O)CCCn2ccnc2)cc1. The molecule has 2 saturated carbocycles. The Hall–Kier alpha value is -2.30. The Morgan fingerprint density at radius 3 is 2.70 bits per heavy atom. The summed E-state index contributed by atoms with van der Waals surface area (Å²) in [4.78, 5) is 16.6. The normalized spacial score (nSPS) is 26.7. The van der Waals surface area contributed by atoms with Gasteiger partial charge in [-0.2, -0.15) is 0 Å². The molecule has 4 rings (SSSR count). The molecule has 0 aliphatic heterocycles. The summed E-state index contributed by atoms with van der Waals surface area (Å²) in [5.74, 6) is 2.87. The molecule has 2 unspecified atom stereocenters. The second kappa shape index (κ2) is 8.15. The highest BCUT2D eigenvalue weighted by molar-refractivity contribution is 5.76. The minimum atomic E-state index is 0.183. The number of hydrogen-bond acceptors (Lipinski definition) is 3. The van der Waals surface area contributed by atoms with E-state index in [9.17, 15) is 4.79 Å². The van der Waals surface area contributed by atoms with E-state index in [0.717, 1.165) is 18.7 Å².